The van der Waals surface area contributed by atoms with Gasteiger partial charge in [0.1, 0.15) is 12.2 Å². The predicted molar refractivity (Wildman–Crippen MR) is 126 cm³/mol. The third kappa shape index (κ3) is 5.40. The summed E-state index contributed by atoms with van der Waals surface area (Å²) in [7, 11) is 0. The fourth-order valence-electron chi connectivity index (χ4n) is 3.43. The molecule has 1 amide bonds. The van der Waals surface area contributed by atoms with Crippen LogP contribution in [0.25, 0.3) is 16.9 Å². The lowest BCUT2D eigenvalue weighted by Crippen LogP contribution is -2.27. The standard InChI is InChI=1S/C24H24ClN7O/c1-15(2)8-23-29-14-30-32(23)20-10-17(21-5-4-19(25)12-28-21)9-18(11-20)24(33)31-16(3)22-13-26-6-7-27-22/h4-7,9-16H,8H2,1-3H3,(H,31,33). The minimum absolute atomic E-state index is 0.240. The Kier molecular flexibility index (Phi) is 6.74. The van der Waals surface area contributed by atoms with E-state index in [4.69, 9.17) is 11.6 Å². The van der Waals surface area contributed by atoms with Crippen LogP contribution >= 0.6 is 11.6 Å². The molecule has 33 heavy (non-hydrogen) atoms. The van der Waals surface area contributed by atoms with Crippen molar-refractivity contribution < 1.29 is 4.79 Å². The Bertz CT molecular complexity index is 1240. The zero-order valence-corrected chi connectivity index (χ0v) is 19.4. The van der Waals surface area contributed by atoms with E-state index in [9.17, 15) is 4.79 Å². The molecule has 3 heterocycles. The second kappa shape index (κ2) is 9.87. The molecular weight excluding hydrogens is 438 g/mol. The third-order valence-electron chi connectivity index (χ3n) is 5.03. The molecule has 9 heteroatoms. The Labute approximate surface area is 197 Å². The Hall–Kier alpha value is -3.65. The summed E-state index contributed by atoms with van der Waals surface area (Å²) in [5, 5.41) is 7.95. The number of halogens is 1. The summed E-state index contributed by atoms with van der Waals surface area (Å²) < 4.78 is 1.77. The van der Waals surface area contributed by atoms with Crippen LogP contribution in [-0.2, 0) is 6.42 Å². The predicted octanol–water partition coefficient (Wildman–Crippen LogP) is 4.46. The molecular formula is C24H24ClN7O. The molecule has 0 saturated carbocycles. The van der Waals surface area contributed by atoms with Crippen molar-refractivity contribution in [3.05, 3.63) is 83.6 Å². The maximum absolute atomic E-state index is 13.2. The lowest BCUT2D eigenvalue weighted by molar-refractivity contribution is 0.0939. The lowest BCUT2D eigenvalue weighted by Gasteiger charge is -2.15. The van der Waals surface area contributed by atoms with E-state index in [1.165, 1.54) is 6.33 Å². The summed E-state index contributed by atoms with van der Waals surface area (Å²) in [6.07, 6.45) is 8.70. The molecule has 4 rings (SSSR count). The highest BCUT2D eigenvalue weighted by Gasteiger charge is 2.17. The number of aromatic nitrogens is 6. The topological polar surface area (TPSA) is 98.5 Å². The van der Waals surface area contributed by atoms with Crippen molar-refractivity contribution in [2.45, 2.75) is 33.2 Å². The summed E-state index contributed by atoms with van der Waals surface area (Å²) in [6.45, 7) is 6.12. The summed E-state index contributed by atoms with van der Waals surface area (Å²) >= 11 is 6.02. The van der Waals surface area contributed by atoms with Crippen LogP contribution in [0.15, 0.2) is 61.4 Å². The van der Waals surface area contributed by atoms with Gasteiger partial charge in [-0.2, -0.15) is 5.10 Å². The first-order chi connectivity index (χ1) is 15.9. The molecule has 0 aliphatic heterocycles. The molecule has 0 aliphatic rings. The van der Waals surface area contributed by atoms with E-state index < -0.39 is 0 Å². The number of benzene rings is 1. The van der Waals surface area contributed by atoms with Gasteiger partial charge in [-0.3, -0.25) is 19.7 Å². The van der Waals surface area contributed by atoms with Crippen LogP contribution in [-0.4, -0.2) is 35.6 Å². The molecule has 0 radical (unpaired) electrons. The second-order valence-corrected chi connectivity index (χ2v) is 8.58. The van der Waals surface area contributed by atoms with Crippen molar-refractivity contribution in [1.29, 1.82) is 0 Å². The highest BCUT2D eigenvalue weighted by Crippen LogP contribution is 2.25. The first kappa shape index (κ1) is 22.5. The number of rotatable bonds is 7. The van der Waals surface area contributed by atoms with Gasteiger partial charge < -0.3 is 5.32 Å². The molecule has 0 saturated heterocycles. The fourth-order valence-corrected chi connectivity index (χ4v) is 3.54. The first-order valence-electron chi connectivity index (χ1n) is 10.6. The number of nitrogens with one attached hydrogen (secondary N) is 1. The van der Waals surface area contributed by atoms with Crippen LogP contribution in [0.5, 0.6) is 0 Å². The van der Waals surface area contributed by atoms with Gasteiger partial charge >= 0.3 is 0 Å². The Morgan fingerprint density at radius 1 is 1.06 bits per heavy atom. The van der Waals surface area contributed by atoms with Crippen LogP contribution in [0.3, 0.4) is 0 Å². The summed E-state index contributed by atoms with van der Waals surface area (Å²) in [6, 6.07) is 8.83. The Morgan fingerprint density at radius 3 is 2.61 bits per heavy atom. The highest BCUT2D eigenvalue weighted by molar-refractivity contribution is 6.30. The number of hydrogen-bond donors (Lipinski definition) is 1. The van der Waals surface area contributed by atoms with Crippen LogP contribution < -0.4 is 5.32 Å². The summed E-state index contributed by atoms with van der Waals surface area (Å²) in [4.78, 5) is 30.4. The van der Waals surface area contributed by atoms with Gasteiger partial charge in [-0.05, 0) is 43.2 Å². The maximum atomic E-state index is 13.2. The number of hydrogen-bond acceptors (Lipinski definition) is 6. The molecule has 3 aromatic heterocycles. The quantitative estimate of drug-likeness (QED) is 0.436. The minimum atomic E-state index is -0.310. The Balaban J connectivity index is 1.74. The van der Waals surface area contributed by atoms with Crippen molar-refractivity contribution in [3.63, 3.8) is 0 Å². The van der Waals surface area contributed by atoms with Gasteiger partial charge in [-0.1, -0.05) is 25.4 Å². The summed E-state index contributed by atoms with van der Waals surface area (Å²) in [5.74, 6) is 0.992. The SMILES string of the molecule is CC(C)Cc1ncnn1-c1cc(C(=O)NC(C)c2cnccn2)cc(-c2ccc(Cl)cn2)c1. The molecule has 1 aromatic carbocycles. The normalized spacial score (nSPS) is 12.0. The van der Waals surface area contributed by atoms with Crippen molar-refractivity contribution >= 4 is 17.5 Å². The zero-order chi connectivity index (χ0) is 23.4. The van der Waals surface area contributed by atoms with E-state index in [0.29, 0.717) is 27.9 Å². The van der Waals surface area contributed by atoms with E-state index in [2.05, 4.69) is 44.2 Å². The third-order valence-corrected chi connectivity index (χ3v) is 5.25. The number of carbonyl (C=O) groups is 1. The number of nitrogens with zero attached hydrogens (tertiary/aromatic N) is 6. The van der Waals surface area contributed by atoms with Crippen molar-refractivity contribution in [1.82, 2.24) is 35.0 Å². The molecule has 0 aliphatic carbocycles. The van der Waals surface area contributed by atoms with Gasteiger partial charge in [0, 0.05) is 36.1 Å². The van der Waals surface area contributed by atoms with Gasteiger partial charge in [-0.15, -0.1) is 0 Å². The largest absolute Gasteiger partial charge is 0.344 e. The van der Waals surface area contributed by atoms with Gasteiger partial charge in [-0.25, -0.2) is 9.67 Å². The molecule has 0 bridgehead atoms. The van der Waals surface area contributed by atoms with Crippen LogP contribution in [0.4, 0.5) is 0 Å². The van der Waals surface area contributed by atoms with E-state index in [0.717, 1.165) is 23.5 Å². The smallest absolute Gasteiger partial charge is 0.251 e. The Morgan fingerprint density at radius 2 is 1.91 bits per heavy atom. The van der Waals surface area contributed by atoms with E-state index in [-0.39, 0.29) is 11.9 Å². The van der Waals surface area contributed by atoms with Crippen LogP contribution in [0.1, 0.15) is 48.7 Å². The van der Waals surface area contributed by atoms with Crippen molar-refractivity contribution in [3.8, 4) is 16.9 Å². The first-order valence-corrected chi connectivity index (χ1v) is 11.0. The summed E-state index contributed by atoms with van der Waals surface area (Å²) in [5.41, 5.74) is 3.35. The number of carbonyl (C=O) groups excluding carboxylic acids is 1. The number of pyridine rings is 1. The van der Waals surface area contributed by atoms with E-state index in [1.807, 2.05) is 19.1 Å². The van der Waals surface area contributed by atoms with Crippen molar-refractivity contribution in [2.24, 2.45) is 5.92 Å². The van der Waals surface area contributed by atoms with Crippen LogP contribution in [0.2, 0.25) is 5.02 Å². The molecule has 1 N–H and O–H groups in total. The minimum Gasteiger partial charge on any atom is -0.344 e. The van der Waals surface area contributed by atoms with Crippen LogP contribution in [0, 0.1) is 5.92 Å². The highest BCUT2D eigenvalue weighted by atomic mass is 35.5. The lowest BCUT2D eigenvalue weighted by atomic mass is 10.0. The molecule has 0 fully saturated rings. The number of amides is 1. The molecule has 1 unspecified atom stereocenters. The molecule has 8 nitrogen and oxygen atoms in total. The monoisotopic (exact) mass is 461 g/mol. The molecule has 1 atom stereocenters. The van der Waals surface area contributed by atoms with Gasteiger partial charge in [0.05, 0.1) is 34.3 Å². The van der Waals surface area contributed by atoms with E-state index >= 15 is 0 Å². The molecule has 4 aromatic rings. The fraction of sp³-hybridized carbons (Fsp3) is 0.250. The average Bonchev–Trinajstić information content (AvgIpc) is 3.27. The zero-order valence-electron chi connectivity index (χ0n) is 18.6. The van der Waals surface area contributed by atoms with E-state index in [1.54, 1.807) is 47.7 Å². The second-order valence-electron chi connectivity index (χ2n) is 8.14. The maximum Gasteiger partial charge on any atom is 0.251 e. The van der Waals surface area contributed by atoms with Gasteiger partial charge in [0.25, 0.3) is 5.91 Å². The van der Waals surface area contributed by atoms with Gasteiger partial charge in [0.2, 0.25) is 0 Å². The van der Waals surface area contributed by atoms with Gasteiger partial charge in [0.15, 0.2) is 0 Å². The van der Waals surface area contributed by atoms with Crippen molar-refractivity contribution in [2.75, 3.05) is 0 Å². The molecule has 168 valence electrons. The molecule has 0 spiro atoms. The average molecular weight is 462 g/mol.